The van der Waals surface area contributed by atoms with Gasteiger partial charge in [0, 0.05) is 64.1 Å². The molecule has 0 atom stereocenters. The van der Waals surface area contributed by atoms with Crippen molar-refractivity contribution in [3.63, 3.8) is 0 Å². The largest absolute Gasteiger partial charge is 0.351 e. The Bertz CT molecular complexity index is 599. The monoisotopic (exact) mass is 303 g/mol. The van der Waals surface area contributed by atoms with Crippen molar-refractivity contribution in [3.8, 4) is 0 Å². The Kier molecular flexibility index (Phi) is 4.53. The molecule has 0 saturated carbocycles. The van der Waals surface area contributed by atoms with E-state index in [4.69, 9.17) is 4.52 Å². The molecule has 1 aliphatic heterocycles. The Hall–Kier alpha value is -2.15. The molecule has 0 aromatic carbocycles. The van der Waals surface area contributed by atoms with Gasteiger partial charge in [-0.1, -0.05) is 12.1 Å². The van der Waals surface area contributed by atoms with Gasteiger partial charge in [-0.25, -0.2) is 4.98 Å². The Morgan fingerprint density at radius 1 is 1.23 bits per heavy atom. The van der Waals surface area contributed by atoms with E-state index < -0.39 is 0 Å². The van der Waals surface area contributed by atoms with Crippen molar-refractivity contribution in [2.75, 3.05) is 32.7 Å². The highest BCUT2D eigenvalue weighted by Gasteiger charge is 2.23. The number of amides is 1. The summed E-state index contributed by atoms with van der Waals surface area (Å²) < 4.78 is 7.13. The van der Waals surface area contributed by atoms with Crippen molar-refractivity contribution in [3.05, 3.63) is 36.2 Å². The normalized spacial score (nSPS) is 16.1. The minimum atomic E-state index is -0.0694. The second kappa shape index (κ2) is 6.74. The van der Waals surface area contributed by atoms with E-state index in [0.717, 1.165) is 51.5 Å². The van der Waals surface area contributed by atoms with Crippen LogP contribution in [0.25, 0.3) is 0 Å². The van der Waals surface area contributed by atoms with Gasteiger partial charge in [0.25, 0.3) is 5.91 Å². The first-order valence-electron chi connectivity index (χ1n) is 7.70. The van der Waals surface area contributed by atoms with E-state index in [9.17, 15) is 4.79 Å². The summed E-state index contributed by atoms with van der Waals surface area (Å²) in [6, 6.07) is 1.61. The van der Waals surface area contributed by atoms with E-state index in [1.165, 1.54) is 6.20 Å². The van der Waals surface area contributed by atoms with Crippen molar-refractivity contribution in [2.45, 2.75) is 19.9 Å². The van der Waals surface area contributed by atoms with E-state index in [-0.39, 0.29) is 5.91 Å². The zero-order chi connectivity index (χ0) is 15.4. The molecule has 0 unspecified atom stereocenters. The number of nitrogens with zero attached hydrogens (tertiary/aromatic N) is 5. The van der Waals surface area contributed by atoms with Gasteiger partial charge in [0.1, 0.15) is 5.82 Å². The van der Waals surface area contributed by atoms with E-state index in [1.807, 2.05) is 17.3 Å². The van der Waals surface area contributed by atoms with Crippen LogP contribution < -0.4 is 0 Å². The summed E-state index contributed by atoms with van der Waals surface area (Å²) in [5.41, 5.74) is 0. The third-order valence-corrected chi connectivity index (χ3v) is 4.08. The molecule has 2 aromatic heterocycles. The highest BCUT2D eigenvalue weighted by Crippen LogP contribution is 2.08. The van der Waals surface area contributed by atoms with Gasteiger partial charge in [0.15, 0.2) is 0 Å². The third kappa shape index (κ3) is 3.19. The summed E-state index contributed by atoms with van der Waals surface area (Å²) in [5.74, 6) is 1.37. The van der Waals surface area contributed by atoms with Gasteiger partial charge in [-0.15, -0.1) is 0 Å². The van der Waals surface area contributed by atoms with Gasteiger partial charge in [0.05, 0.1) is 6.20 Å². The average molecular weight is 303 g/mol. The topological polar surface area (TPSA) is 67.4 Å². The predicted octanol–water partition coefficient (Wildman–Crippen LogP) is 0.891. The molecule has 7 heteroatoms. The first-order chi connectivity index (χ1) is 10.8. The number of hydrogen-bond donors (Lipinski definition) is 0. The van der Waals surface area contributed by atoms with Gasteiger partial charge in [-0.05, 0) is 0 Å². The molecule has 0 bridgehead atoms. The molecule has 1 aliphatic rings. The molecule has 3 rings (SSSR count). The molecule has 7 nitrogen and oxygen atoms in total. The summed E-state index contributed by atoms with van der Waals surface area (Å²) in [4.78, 5) is 20.7. The summed E-state index contributed by atoms with van der Waals surface area (Å²) in [7, 11) is 0. The minimum Gasteiger partial charge on any atom is -0.351 e. The zero-order valence-corrected chi connectivity index (χ0v) is 12.8. The van der Waals surface area contributed by atoms with Gasteiger partial charge in [-0.2, -0.15) is 0 Å². The molecular formula is C15H21N5O2. The molecule has 1 fully saturated rings. The highest BCUT2D eigenvalue weighted by molar-refractivity contribution is 5.91. The van der Waals surface area contributed by atoms with Crippen molar-refractivity contribution >= 4 is 5.91 Å². The first kappa shape index (κ1) is 14.8. The Balaban J connectivity index is 1.47. The molecule has 0 aliphatic carbocycles. The maximum atomic E-state index is 12.2. The zero-order valence-electron chi connectivity index (χ0n) is 12.8. The fourth-order valence-corrected chi connectivity index (χ4v) is 2.76. The number of rotatable bonds is 5. The number of imidazole rings is 1. The lowest BCUT2D eigenvalue weighted by atomic mass is 10.3. The van der Waals surface area contributed by atoms with Gasteiger partial charge in [-0.3, -0.25) is 9.69 Å². The molecule has 3 heterocycles. The van der Waals surface area contributed by atoms with Crippen molar-refractivity contribution < 1.29 is 9.32 Å². The number of aryl methyl sites for hydroxylation is 1. The lowest BCUT2D eigenvalue weighted by Crippen LogP contribution is -2.49. The standard InChI is InChI=1S/C15H21N5O2/c1-2-14-16-5-6-19(14)10-7-18-8-11-20(12-9-18)15(21)13-3-4-17-22-13/h3-6H,2,7-12H2,1H3. The smallest absolute Gasteiger partial charge is 0.292 e. The van der Waals surface area contributed by atoms with Crippen LogP contribution in [-0.2, 0) is 13.0 Å². The Labute approximate surface area is 129 Å². The maximum absolute atomic E-state index is 12.2. The minimum absolute atomic E-state index is 0.0694. The molecule has 22 heavy (non-hydrogen) atoms. The SMILES string of the molecule is CCc1nccn1CCN1CCN(C(=O)c2ccno2)CC1. The lowest BCUT2D eigenvalue weighted by Gasteiger charge is -2.34. The molecule has 0 radical (unpaired) electrons. The predicted molar refractivity (Wildman–Crippen MR) is 80.5 cm³/mol. The molecule has 0 N–H and O–H groups in total. The van der Waals surface area contributed by atoms with Gasteiger partial charge in [0.2, 0.25) is 5.76 Å². The van der Waals surface area contributed by atoms with Gasteiger partial charge < -0.3 is 14.0 Å². The van der Waals surface area contributed by atoms with Crippen LogP contribution in [0.5, 0.6) is 0 Å². The Morgan fingerprint density at radius 2 is 2.05 bits per heavy atom. The average Bonchev–Trinajstić information content (AvgIpc) is 3.24. The van der Waals surface area contributed by atoms with Crippen LogP contribution in [0.3, 0.4) is 0 Å². The van der Waals surface area contributed by atoms with Crippen molar-refractivity contribution in [2.24, 2.45) is 0 Å². The summed E-state index contributed by atoms with van der Waals surface area (Å²) in [6.07, 6.45) is 6.34. The highest BCUT2D eigenvalue weighted by atomic mass is 16.5. The lowest BCUT2D eigenvalue weighted by molar-refractivity contribution is 0.0593. The summed E-state index contributed by atoms with van der Waals surface area (Å²) >= 11 is 0. The van der Waals surface area contributed by atoms with Gasteiger partial charge >= 0.3 is 0 Å². The van der Waals surface area contributed by atoms with Crippen LogP contribution in [0.1, 0.15) is 23.3 Å². The van der Waals surface area contributed by atoms with Crippen molar-refractivity contribution in [1.82, 2.24) is 24.5 Å². The molecule has 0 spiro atoms. The van der Waals surface area contributed by atoms with Crippen LogP contribution in [0.15, 0.2) is 29.2 Å². The third-order valence-electron chi connectivity index (χ3n) is 4.08. The van der Waals surface area contributed by atoms with Crippen LogP contribution in [-0.4, -0.2) is 63.1 Å². The summed E-state index contributed by atoms with van der Waals surface area (Å²) in [5, 5.41) is 3.59. The quantitative estimate of drug-likeness (QED) is 0.820. The number of hydrogen-bond acceptors (Lipinski definition) is 5. The van der Waals surface area contributed by atoms with Crippen molar-refractivity contribution in [1.29, 1.82) is 0 Å². The summed E-state index contributed by atoms with van der Waals surface area (Å²) in [6.45, 7) is 7.26. The van der Waals surface area contributed by atoms with Crippen LogP contribution >= 0.6 is 0 Å². The first-order valence-corrected chi connectivity index (χ1v) is 7.70. The molecule has 2 aromatic rings. The number of carbonyl (C=O) groups is 1. The van der Waals surface area contributed by atoms with E-state index in [2.05, 4.69) is 26.5 Å². The fourth-order valence-electron chi connectivity index (χ4n) is 2.76. The van der Waals surface area contributed by atoms with E-state index in [0.29, 0.717) is 5.76 Å². The van der Waals surface area contributed by atoms with E-state index in [1.54, 1.807) is 6.07 Å². The molecular weight excluding hydrogens is 282 g/mol. The number of aromatic nitrogens is 3. The molecule has 1 saturated heterocycles. The molecule has 118 valence electrons. The maximum Gasteiger partial charge on any atom is 0.292 e. The van der Waals surface area contributed by atoms with E-state index >= 15 is 0 Å². The second-order valence-corrected chi connectivity index (χ2v) is 5.40. The Morgan fingerprint density at radius 3 is 2.73 bits per heavy atom. The van der Waals surface area contributed by atoms with Crippen LogP contribution in [0.2, 0.25) is 0 Å². The molecule has 1 amide bonds. The fraction of sp³-hybridized carbons (Fsp3) is 0.533. The van der Waals surface area contributed by atoms with Crippen LogP contribution in [0, 0.1) is 0 Å². The second-order valence-electron chi connectivity index (χ2n) is 5.40. The van der Waals surface area contributed by atoms with Crippen LogP contribution in [0.4, 0.5) is 0 Å². The number of piperazine rings is 1. The number of carbonyl (C=O) groups excluding carboxylic acids is 1.